The van der Waals surface area contributed by atoms with Crippen molar-refractivity contribution >= 4 is 22.0 Å². The third-order valence-corrected chi connectivity index (χ3v) is 4.22. The van der Waals surface area contributed by atoms with Gasteiger partial charge >= 0.3 is 5.69 Å². The molecule has 0 radical (unpaired) electrons. The van der Waals surface area contributed by atoms with E-state index in [0.717, 1.165) is 0 Å². The zero-order valence-electron chi connectivity index (χ0n) is 15.4. The molecule has 1 aromatic rings. The summed E-state index contributed by atoms with van der Waals surface area (Å²) in [6.45, 7) is 5.36. The van der Waals surface area contributed by atoms with Gasteiger partial charge in [0.2, 0.25) is 0 Å². The number of ether oxygens (including phenoxy) is 5. The molecule has 9 nitrogen and oxygen atoms in total. The van der Waals surface area contributed by atoms with Crippen LogP contribution in [0.3, 0.4) is 0 Å². The summed E-state index contributed by atoms with van der Waals surface area (Å²) in [5.74, 6) is 0. The summed E-state index contributed by atoms with van der Waals surface area (Å²) in [5.41, 5.74) is -0.681. The lowest BCUT2D eigenvalue weighted by atomic mass is 10.2. The Balaban J connectivity index is 2.14. The maximum atomic E-state index is 12.2. The van der Waals surface area contributed by atoms with Gasteiger partial charge in [0.1, 0.15) is 25.9 Å². The Hall–Kier alpha value is -1.30. The smallest absolute Gasteiger partial charge is 0.330 e. The van der Waals surface area contributed by atoms with Crippen LogP contribution in [0.4, 0.5) is 0 Å². The van der Waals surface area contributed by atoms with E-state index in [1.54, 1.807) is 11.1 Å². The summed E-state index contributed by atoms with van der Waals surface area (Å²) >= 11 is 3.13. The van der Waals surface area contributed by atoms with Crippen LogP contribution in [0.5, 0.6) is 0 Å². The number of hydrogen-bond acceptors (Lipinski definition) is 7. The van der Waals surface area contributed by atoms with Crippen LogP contribution in [-0.2, 0) is 23.7 Å². The van der Waals surface area contributed by atoms with Crippen molar-refractivity contribution in [3.63, 3.8) is 0 Å². The Labute approximate surface area is 165 Å². The Kier molecular flexibility index (Phi) is 9.39. The van der Waals surface area contributed by atoms with Gasteiger partial charge in [0.15, 0.2) is 0 Å². The monoisotopic (exact) mass is 448 g/mol. The van der Waals surface area contributed by atoms with Gasteiger partial charge < -0.3 is 23.7 Å². The molecule has 0 bridgehead atoms. The van der Waals surface area contributed by atoms with E-state index in [2.05, 4.69) is 20.9 Å². The number of halogens is 1. The summed E-state index contributed by atoms with van der Waals surface area (Å²) in [7, 11) is 0. The van der Waals surface area contributed by atoms with Crippen molar-refractivity contribution in [3.8, 4) is 0 Å². The normalized spacial score (nSPS) is 22.7. The molecule has 1 aliphatic rings. The van der Waals surface area contributed by atoms with Gasteiger partial charge in [-0.05, 0) is 24.9 Å². The predicted octanol–water partition coefficient (Wildman–Crippen LogP) is 1.58. The Morgan fingerprint density at radius 1 is 1.26 bits per heavy atom. The molecule has 1 aromatic heterocycles. The number of aromatic nitrogens is 2. The van der Waals surface area contributed by atoms with Crippen molar-refractivity contribution in [1.29, 1.82) is 0 Å². The molecule has 0 aromatic carbocycles. The van der Waals surface area contributed by atoms with Crippen LogP contribution in [0, 0.1) is 0 Å². The molecule has 152 valence electrons. The van der Waals surface area contributed by atoms with E-state index >= 15 is 0 Å². The van der Waals surface area contributed by atoms with Crippen LogP contribution in [-0.4, -0.2) is 55.2 Å². The second kappa shape index (κ2) is 11.5. The van der Waals surface area contributed by atoms with Crippen molar-refractivity contribution in [2.24, 2.45) is 0 Å². The number of H-pyrrole nitrogens is 1. The zero-order valence-corrected chi connectivity index (χ0v) is 17.0. The largest absolute Gasteiger partial charge is 0.356 e. The van der Waals surface area contributed by atoms with Crippen molar-refractivity contribution in [3.05, 3.63) is 37.6 Å². The van der Waals surface area contributed by atoms with Gasteiger partial charge in [0.05, 0.1) is 18.3 Å². The fourth-order valence-electron chi connectivity index (χ4n) is 2.62. The van der Waals surface area contributed by atoms with E-state index in [0.29, 0.717) is 25.2 Å². The first-order chi connectivity index (χ1) is 13.1. The number of nitrogens with one attached hydrogen (secondary N) is 1. The van der Waals surface area contributed by atoms with Gasteiger partial charge in [-0.15, -0.1) is 0 Å². The highest BCUT2D eigenvalue weighted by atomic mass is 79.9. The van der Waals surface area contributed by atoms with Crippen molar-refractivity contribution in [1.82, 2.24) is 9.55 Å². The molecular weight excluding hydrogens is 424 g/mol. The topological polar surface area (TPSA) is 101 Å². The second-order valence-electron chi connectivity index (χ2n) is 5.71. The first-order valence-electron chi connectivity index (χ1n) is 8.73. The quantitative estimate of drug-likeness (QED) is 0.404. The maximum Gasteiger partial charge on any atom is 0.330 e. The Bertz CT molecular complexity index is 718. The second-order valence-corrected chi connectivity index (χ2v) is 6.23. The fraction of sp³-hybridized carbons (Fsp3) is 0.647. The average molecular weight is 449 g/mol. The Morgan fingerprint density at radius 2 is 2.00 bits per heavy atom. The minimum atomic E-state index is -0.593. The lowest BCUT2D eigenvalue weighted by Gasteiger charge is -2.18. The Morgan fingerprint density at radius 3 is 2.70 bits per heavy atom. The number of rotatable bonds is 11. The van der Waals surface area contributed by atoms with Crippen molar-refractivity contribution < 1.29 is 23.7 Å². The molecule has 0 saturated carbocycles. The van der Waals surface area contributed by atoms with Crippen LogP contribution in [0.1, 0.15) is 32.1 Å². The van der Waals surface area contributed by atoms with Gasteiger partial charge in [-0.1, -0.05) is 15.9 Å². The van der Waals surface area contributed by atoms with Crippen LogP contribution in [0.15, 0.2) is 20.8 Å². The highest BCUT2D eigenvalue weighted by molar-refractivity contribution is 9.11. The van der Waals surface area contributed by atoms with Crippen LogP contribution < -0.4 is 11.2 Å². The maximum absolute atomic E-state index is 12.2. The number of nitrogens with zero attached hydrogens (tertiary/aromatic N) is 1. The van der Waals surface area contributed by atoms with Crippen molar-refractivity contribution in [2.45, 2.75) is 38.7 Å². The lowest BCUT2D eigenvalue weighted by molar-refractivity contribution is -0.139. The SMILES string of the molecule is CCOCOC[C@H]1O[C@@H](n2cc(C=CBr)c(=O)[nH]c2=O)C[C@@H]1OCOCC. The summed E-state index contributed by atoms with van der Waals surface area (Å²) in [6, 6.07) is 0. The van der Waals surface area contributed by atoms with Gasteiger partial charge in [0, 0.05) is 25.8 Å². The highest BCUT2D eigenvalue weighted by Gasteiger charge is 2.38. The molecule has 1 fully saturated rings. The molecular formula is C17H25BrN2O7. The van der Waals surface area contributed by atoms with E-state index in [4.69, 9.17) is 23.7 Å². The zero-order chi connectivity index (χ0) is 19.6. The minimum Gasteiger partial charge on any atom is -0.356 e. The van der Waals surface area contributed by atoms with Gasteiger partial charge in [-0.2, -0.15) is 0 Å². The predicted molar refractivity (Wildman–Crippen MR) is 102 cm³/mol. The molecule has 0 unspecified atom stereocenters. The first kappa shape index (κ1) is 22.0. The van der Waals surface area contributed by atoms with E-state index in [-0.39, 0.29) is 26.3 Å². The van der Waals surface area contributed by atoms with Crippen LogP contribution >= 0.6 is 15.9 Å². The molecule has 1 N–H and O–H groups in total. The molecule has 10 heteroatoms. The average Bonchev–Trinajstić information content (AvgIpc) is 3.04. The number of hydrogen-bond donors (Lipinski definition) is 1. The molecule has 0 spiro atoms. The number of aromatic amines is 1. The molecule has 3 atom stereocenters. The van der Waals surface area contributed by atoms with E-state index < -0.39 is 23.6 Å². The third-order valence-electron chi connectivity index (χ3n) is 3.95. The molecule has 1 saturated heterocycles. The van der Waals surface area contributed by atoms with Gasteiger partial charge in [-0.25, -0.2) is 4.79 Å². The fourth-order valence-corrected chi connectivity index (χ4v) is 2.91. The lowest BCUT2D eigenvalue weighted by Crippen LogP contribution is -2.33. The van der Waals surface area contributed by atoms with Crippen molar-refractivity contribution in [2.75, 3.05) is 33.4 Å². The molecule has 1 aliphatic heterocycles. The molecule has 0 aliphatic carbocycles. The molecule has 0 amide bonds. The standard InChI is InChI=1S/C17H25BrN2O7/c1-3-23-10-25-9-14-13(26-11-24-4-2)7-15(27-14)20-8-12(5-6-18)16(21)19-17(20)22/h5-6,8,13-15H,3-4,7,9-11H2,1-2H3,(H,19,21,22)/t13-,14+,15+/m0/s1. The first-order valence-corrected chi connectivity index (χ1v) is 9.64. The van der Waals surface area contributed by atoms with E-state index in [9.17, 15) is 9.59 Å². The third kappa shape index (κ3) is 6.37. The summed E-state index contributed by atoms with van der Waals surface area (Å²) in [6.07, 6.45) is 2.12. The summed E-state index contributed by atoms with van der Waals surface area (Å²) in [5, 5.41) is 0. The molecule has 27 heavy (non-hydrogen) atoms. The van der Waals surface area contributed by atoms with Gasteiger partial charge in [-0.3, -0.25) is 14.3 Å². The summed E-state index contributed by atoms with van der Waals surface area (Å²) in [4.78, 5) is 27.9. The van der Waals surface area contributed by atoms with Crippen LogP contribution in [0.2, 0.25) is 0 Å². The van der Waals surface area contributed by atoms with Crippen LogP contribution in [0.25, 0.3) is 6.08 Å². The van der Waals surface area contributed by atoms with E-state index in [1.807, 2.05) is 13.8 Å². The van der Waals surface area contributed by atoms with E-state index in [1.165, 1.54) is 10.8 Å². The molecule has 2 heterocycles. The highest BCUT2D eigenvalue weighted by Crippen LogP contribution is 2.30. The summed E-state index contributed by atoms with van der Waals surface area (Å²) < 4.78 is 28.9. The van der Waals surface area contributed by atoms with Gasteiger partial charge in [0.25, 0.3) is 5.56 Å². The molecule has 2 rings (SSSR count). The minimum absolute atomic E-state index is 0.122.